The van der Waals surface area contributed by atoms with Gasteiger partial charge >= 0.3 is 0 Å². The average molecular weight is 138 g/mol. The lowest BCUT2D eigenvalue weighted by molar-refractivity contribution is 0.371. The lowest BCUT2D eigenvalue weighted by Crippen LogP contribution is -2.12. The fourth-order valence-corrected chi connectivity index (χ4v) is 1.80. The van der Waals surface area contributed by atoms with Crippen molar-refractivity contribution in [2.75, 3.05) is 0 Å². The third-order valence-corrected chi connectivity index (χ3v) is 2.64. The van der Waals surface area contributed by atoms with Gasteiger partial charge in [0.25, 0.3) is 0 Å². The summed E-state index contributed by atoms with van der Waals surface area (Å²) < 4.78 is 0. The van der Waals surface area contributed by atoms with E-state index >= 15 is 0 Å². The Morgan fingerprint density at radius 1 is 1.30 bits per heavy atom. The van der Waals surface area contributed by atoms with E-state index in [1.165, 1.54) is 44.4 Å². The molecular formula is C10H18. The summed E-state index contributed by atoms with van der Waals surface area (Å²) in [6, 6.07) is 0. The molecule has 0 saturated heterocycles. The fourth-order valence-electron chi connectivity index (χ4n) is 1.80. The SMILES string of the molecule is [CH2][C](CC)C1CCCCC1. The molecule has 2 radical (unpaired) electrons. The van der Waals surface area contributed by atoms with Crippen molar-refractivity contribution < 1.29 is 0 Å². The van der Waals surface area contributed by atoms with Gasteiger partial charge in [0.1, 0.15) is 0 Å². The van der Waals surface area contributed by atoms with Crippen LogP contribution in [-0.4, -0.2) is 0 Å². The van der Waals surface area contributed by atoms with Gasteiger partial charge in [-0.3, -0.25) is 0 Å². The van der Waals surface area contributed by atoms with Gasteiger partial charge in [-0.1, -0.05) is 26.2 Å². The normalized spacial score (nSPS) is 21.9. The molecule has 0 atom stereocenters. The largest absolute Gasteiger partial charge is 0.0648 e. The van der Waals surface area contributed by atoms with Crippen LogP contribution in [0, 0.1) is 18.8 Å². The summed E-state index contributed by atoms with van der Waals surface area (Å²) >= 11 is 0. The van der Waals surface area contributed by atoms with Crippen molar-refractivity contribution in [3.8, 4) is 0 Å². The lowest BCUT2D eigenvalue weighted by Gasteiger charge is -2.25. The summed E-state index contributed by atoms with van der Waals surface area (Å²) in [7, 11) is 0. The summed E-state index contributed by atoms with van der Waals surface area (Å²) in [4.78, 5) is 0. The van der Waals surface area contributed by atoms with E-state index in [4.69, 9.17) is 0 Å². The molecule has 10 heavy (non-hydrogen) atoms. The second-order valence-corrected chi connectivity index (χ2v) is 3.35. The second kappa shape index (κ2) is 4.00. The molecule has 0 aromatic rings. The second-order valence-electron chi connectivity index (χ2n) is 3.35. The average Bonchev–Trinajstić information content (AvgIpc) is 2.05. The van der Waals surface area contributed by atoms with Gasteiger partial charge < -0.3 is 0 Å². The van der Waals surface area contributed by atoms with Crippen molar-refractivity contribution in [2.24, 2.45) is 5.92 Å². The number of hydrogen-bond acceptors (Lipinski definition) is 0. The van der Waals surface area contributed by atoms with E-state index in [0.29, 0.717) is 0 Å². The zero-order chi connectivity index (χ0) is 7.40. The van der Waals surface area contributed by atoms with Crippen LogP contribution in [0.5, 0.6) is 0 Å². The van der Waals surface area contributed by atoms with E-state index in [0.717, 1.165) is 5.92 Å². The molecule has 1 fully saturated rings. The van der Waals surface area contributed by atoms with Gasteiger partial charge in [0.2, 0.25) is 0 Å². The molecule has 1 rings (SSSR count). The molecule has 0 spiro atoms. The topological polar surface area (TPSA) is 0 Å². The molecular weight excluding hydrogens is 120 g/mol. The minimum absolute atomic E-state index is 0.874. The lowest BCUT2D eigenvalue weighted by atomic mass is 9.80. The Morgan fingerprint density at radius 2 is 1.90 bits per heavy atom. The highest BCUT2D eigenvalue weighted by Gasteiger charge is 2.18. The van der Waals surface area contributed by atoms with Gasteiger partial charge in [-0.15, -0.1) is 0 Å². The van der Waals surface area contributed by atoms with Crippen molar-refractivity contribution in [1.29, 1.82) is 0 Å². The molecule has 0 unspecified atom stereocenters. The molecule has 1 saturated carbocycles. The minimum Gasteiger partial charge on any atom is -0.0648 e. The molecule has 0 heterocycles. The zero-order valence-corrected chi connectivity index (χ0v) is 7.03. The summed E-state index contributed by atoms with van der Waals surface area (Å²) in [5, 5.41) is 0. The van der Waals surface area contributed by atoms with Crippen LogP contribution in [0.2, 0.25) is 0 Å². The summed E-state index contributed by atoms with van der Waals surface area (Å²) in [6.07, 6.45) is 8.32. The standard InChI is InChI=1S/C10H18/c1-3-9(2)10-7-5-4-6-8-10/h10H,2-8H2,1H3. The zero-order valence-electron chi connectivity index (χ0n) is 7.03. The van der Waals surface area contributed by atoms with Crippen molar-refractivity contribution >= 4 is 0 Å². The number of rotatable bonds is 2. The first-order valence-corrected chi connectivity index (χ1v) is 4.52. The molecule has 0 aromatic carbocycles. The highest BCUT2D eigenvalue weighted by molar-refractivity contribution is 4.98. The number of hydrogen-bond donors (Lipinski definition) is 0. The van der Waals surface area contributed by atoms with Gasteiger partial charge in [-0.05, 0) is 38.0 Å². The third kappa shape index (κ3) is 2.00. The first kappa shape index (κ1) is 8.10. The van der Waals surface area contributed by atoms with Crippen LogP contribution in [0.15, 0.2) is 0 Å². The van der Waals surface area contributed by atoms with E-state index in [1.807, 2.05) is 0 Å². The summed E-state index contributed by atoms with van der Waals surface area (Å²) in [5.74, 6) is 2.36. The first-order valence-electron chi connectivity index (χ1n) is 4.52. The van der Waals surface area contributed by atoms with Crippen molar-refractivity contribution in [2.45, 2.75) is 45.4 Å². The van der Waals surface area contributed by atoms with Crippen molar-refractivity contribution in [3.63, 3.8) is 0 Å². The first-order chi connectivity index (χ1) is 4.84. The molecule has 0 heteroatoms. The smallest absolute Gasteiger partial charge is 0.0213 e. The maximum atomic E-state index is 4.10. The molecule has 0 nitrogen and oxygen atoms in total. The Hall–Kier alpha value is 0. The molecule has 0 aromatic heterocycles. The van der Waals surface area contributed by atoms with Crippen LogP contribution in [-0.2, 0) is 0 Å². The van der Waals surface area contributed by atoms with Crippen molar-refractivity contribution in [1.82, 2.24) is 0 Å². The van der Waals surface area contributed by atoms with Gasteiger partial charge in [0.05, 0.1) is 0 Å². The Bertz CT molecular complexity index is 80.0. The Morgan fingerprint density at radius 3 is 2.40 bits per heavy atom. The Kier molecular flexibility index (Phi) is 3.24. The van der Waals surface area contributed by atoms with Crippen LogP contribution in [0.4, 0.5) is 0 Å². The Balaban J connectivity index is 2.24. The maximum absolute atomic E-state index is 4.10. The van der Waals surface area contributed by atoms with Crippen molar-refractivity contribution in [3.05, 3.63) is 12.8 Å². The van der Waals surface area contributed by atoms with E-state index in [9.17, 15) is 0 Å². The van der Waals surface area contributed by atoms with E-state index < -0.39 is 0 Å². The molecule has 0 aliphatic heterocycles. The Labute approximate surface area is 65.0 Å². The van der Waals surface area contributed by atoms with Gasteiger partial charge in [0, 0.05) is 0 Å². The van der Waals surface area contributed by atoms with Gasteiger partial charge in [-0.2, -0.15) is 0 Å². The molecule has 58 valence electrons. The van der Waals surface area contributed by atoms with Crippen LogP contribution >= 0.6 is 0 Å². The molecule has 1 aliphatic rings. The van der Waals surface area contributed by atoms with Gasteiger partial charge in [-0.25, -0.2) is 0 Å². The van der Waals surface area contributed by atoms with Crippen LogP contribution in [0.25, 0.3) is 0 Å². The molecule has 0 N–H and O–H groups in total. The predicted octanol–water partition coefficient (Wildman–Crippen LogP) is 3.39. The monoisotopic (exact) mass is 138 g/mol. The highest BCUT2D eigenvalue weighted by Crippen LogP contribution is 2.32. The van der Waals surface area contributed by atoms with E-state index in [-0.39, 0.29) is 0 Å². The minimum atomic E-state index is 0.874. The summed E-state index contributed by atoms with van der Waals surface area (Å²) in [5.41, 5.74) is 0. The highest BCUT2D eigenvalue weighted by atomic mass is 14.2. The molecule has 0 amide bonds. The van der Waals surface area contributed by atoms with Crippen LogP contribution in [0.3, 0.4) is 0 Å². The quantitative estimate of drug-likeness (QED) is 0.548. The van der Waals surface area contributed by atoms with Gasteiger partial charge in [0.15, 0.2) is 0 Å². The summed E-state index contributed by atoms with van der Waals surface area (Å²) in [6.45, 7) is 6.32. The van der Waals surface area contributed by atoms with Crippen LogP contribution in [0.1, 0.15) is 45.4 Å². The van der Waals surface area contributed by atoms with Crippen LogP contribution < -0.4 is 0 Å². The van der Waals surface area contributed by atoms with E-state index in [2.05, 4.69) is 13.8 Å². The predicted molar refractivity (Wildman–Crippen MR) is 45.5 cm³/mol. The maximum Gasteiger partial charge on any atom is -0.0213 e. The van der Waals surface area contributed by atoms with E-state index in [1.54, 1.807) is 0 Å². The third-order valence-electron chi connectivity index (χ3n) is 2.64. The fraction of sp³-hybridized carbons (Fsp3) is 0.800. The molecule has 1 aliphatic carbocycles. The molecule has 0 bridgehead atoms.